The molecule has 0 radical (unpaired) electrons. The van der Waals surface area contributed by atoms with Gasteiger partial charge in [-0.05, 0) is 68.0 Å². The summed E-state index contributed by atoms with van der Waals surface area (Å²) >= 11 is 7.83. The molecule has 0 fully saturated rings. The lowest BCUT2D eigenvalue weighted by atomic mass is 10.0. The Morgan fingerprint density at radius 2 is 2.19 bits per heavy atom. The number of hydrogen-bond donors (Lipinski definition) is 1. The van der Waals surface area contributed by atoms with Crippen molar-refractivity contribution in [1.82, 2.24) is 15.1 Å². The van der Waals surface area contributed by atoms with Crippen LogP contribution in [0.25, 0.3) is 0 Å². The molecule has 0 bridgehead atoms. The fourth-order valence-corrected chi connectivity index (χ4v) is 4.77. The van der Waals surface area contributed by atoms with E-state index in [2.05, 4.69) is 23.3 Å². The minimum absolute atomic E-state index is 0.0133. The van der Waals surface area contributed by atoms with Gasteiger partial charge in [0.25, 0.3) is 0 Å². The molecule has 172 valence electrons. The van der Waals surface area contributed by atoms with Crippen LogP contribution in [0, 0.1) is 6.92 Å². The summed E-state index contributed by atoms with van der Waals surface area (Å²) in [5, 5.41) is 5.59. The molecule has 1 aliphatic rings. The van der Waals surface area contributed by atoms with E-state index in [-0.39, 0.29) is 30.6 Å². The van der Waals surface area contributed by atoms with Gasteiger partial charge < -0.3 is 19.9 Å². The topological polar surface area (TPSA) is 61.9 Å². The minimum atomic E-state index is -0.272. The second-order valence-electron chi connectivity index (χ2n) is 8.15. The molecule has 0 saturated carbocycles. The number of fused-ring (bicyclic) bond motifs is 1. The molecule has 0 aliphatic carbocycles. The van der Waals surface area contributed by atoms with Crippen LogP contribution in [0.2, 0.25) is 5.02 Å². The molecular formula is C24H30ClN3O3S. The average Bonchev–Trinajstić information content (AvgIpc) is 3.22. The Morgan fingerprint density at radius 1 is 1.41 bits per heavy atom. The molecule has 1 unspecified atom stereocenters. The van der Waals surface area contributed by atoms with Crippen LogP contribution < -0.4 is 10.1 Å². The van der Waals surface area contributed by atoms with Crippen LogP contribution in [0.1, 0.15) is 35.9 Å². The second-order valence-corrected chi connectivity index (χ2v) is 9.56. The number of aryl methyl sites for hydroxylation is 1. The van der Waals surface area contributed by atoms with Crippen molar-refractivity contribution in [3.05, 3.63) is 63.3 Å². The highest BCUT2D eigenvalue weighted by atomic mass is 35.5. The Hall–Kier alpha value is -2.51. The van der Waals surface area contributed by atoms with Crippen LogP contribution in [0.3, 0.4) is 0 Å². The van der Waals surface area contributed by atoms with E-state index in [0.29, 0.717) is 30.5 Å². The smallest absolute Gasteiger partial charge is 0.318 e. The van der Waals surface area contributed by atoms with Crippen molar-refractivity contribution in [3.63, 3.8) is 0 Å². The van der Waals surface area contributed by atoms with Crippen molar-refractivity contribution in [2.75, 3.05) is 26.2 Å². The maximum absolute atomic E-state index is 13.3. The summed E-state index contributed by atoms with van der Waals surface area (Å²) in [4.78, 5) is 30.4. The molecule has 2 heterocycles. The lowest BCUT2D eigenvalue weighted by Gasteiger charge is -2.37. The third-order valence-corrected chi connectivity index (χ3v) is 6.75. The Balaban J connectivity index is 1.76. The van der Waals surface area contributed by atoms with E-state index in [9.17, 15) is 9.59 Å². The summed E-state index contributed by atoms with van der Waals surface area (Å²) in [5.41, 5.74) is 2.05. The number of nitrogens with one attached hydrogen (secondary N) is 1. The van der Waals surface area contributed by atoms with Gasteiger partial charge in [-0.15, -0.1) is 17.9 Å². The highest BCUT2D eigenvalue weighted by molar-refractivity contribution is 7.10. The molecule has 3 amide bonds. The Labute approximate surface area is 198 Å². The number of carbonyl (C=O) groups excluding carboxylic acids is 2. The van der Waals surface area contributed by atoms with E-state index in [4.69, 9.17) is 16.3 Å². The molecule has 1 aliphatic heterocycles. The van der Waals surface area contributed by atoms with Gasteiger partial charge in [-0.25, -0.2) is 4.79 Å². The highest BCUT2D eigenvalue weighted by Gasteiger charge is 2.33. The zero-order valence-corrected chi connectivity index (χ0v) is 20.3. The first-order chi connectivity index (χ1) is 15.3. The molecule has 8 heteroatoms. The summed E-state index contributed by atoms with van der Waals surface area (Å²) in [6, 6.07) is 7.10. The summed E-state index contributed by atoms with van der Waals surface area (Å²) in [5.74, 6) is 0.606. The van der Waals surface area contributed by atoms with E-state index in [1.165, 1.54) is 9.78 Å². The summed E-state index contributed by atoms with van der Waals surface area (Å²) < 4.78 is 6.08. The molecule has 3 rings (SSSR count). The summed E-state index contributed by atoms with van der Waals surface area (Å²) in [7, 11) is 0. The van der Waals surface area contributed by atoms with Gasteiger partial charge in [-0.2, -0.15) is 0 Å². The molecule has 1 aromatic carbocycles. The zero-order chi connectivity index (χ0) is 23.3. The molecule has 1 atom stereocenters. The standard InChI is InChI=1S/C24H30ClN3O3S/c1-5-10-27(24(30)26-16(2)3)14-23(29)28-11-8-22-19(9-12-32-22)21(28)15-31-18-6-7-20(25)17(4)13-18/h5-7,9,12-13,16,21H,1,8,10-11,14-15H2,2-4H3,(H,26,30). The monoisotopic (exact) mass is 475 g/mol. The molecule has 0 saturated heterocycles. The maximum atomic E-state index is 13.3. The number of halogens is 1. The van der Waals surface area contributed by atoms with Gasteiger partial charge in [0.05, 0.1) is 6.04 Å². The second kappa shape index (κ2) is 10.9. The van der Waals surface area contributed by atoms with Gasteiger partial charge in [0.1, 0.15) is 18.9 Å². The number of hydrogen-bond acceptors (Lipinski definition) is 4. The third kappa shape index (κ3) is 5.84. The van der Waals surface area contributed by atoms with Gasteiger partial charge in [0.2, 0.25) is 5.91 Å². The molecular weight excluding hydrogens is 446 g/mol. The van der Waals surface area contributed by atoms with Crippen molar-refractivity contribution < 1.29 is 14.3 Å². The van der Waals surface area contributed by atoms with Crippen LogP contribution in [0.15, 0.2) is 42.3 Å². The first-order valence-electron chi connectivity index (χ1n) is 10.7. The normalized spacial score (nSPS) is 15.3. The number of urea groups is 1. The van der Waals surface area contributed by atoms with Crippen molar-refractivity contribution in [2.45, 2.75) is 39.3 Å². The number of thiophene rings is 1. The van der Waals surface area contributed by atoms with E-state index >= 15 is 0 Å². The van der Waals surface area contributed by atoms with Gasteiger partial charge in [-0.3, -0.25) is 4.79 Å². The first kappa shape index (κ1) is 24.1. The summed E-state index contributed by atoms with van der Waals surface area (Å²) in [6.07, 6.45) is 2.43. The number of rotatable bonds is 8. The van der Waals surface area contributed by atoms with Gasteiger partial charge in [0, 0.05) is 29.0 Å². The lowest BCUT2D eigenvalue weighted by molar-refractivity contribution is -0.135. The van der Waals surface area contributed by atoms with E-state index < -0.39 is 0 Å². The number of ether oxygens (including phenoxy) is 1. The van der Waals surface area contributed by atoms with Crippen LogP contribution >= 0.6 is 22.9 Å². The average molecular weight is 476 g/mol. The van der Waals surface area contributed by atoms with Gasteiger partial charge in [-0.1, -0.05) is 17.7 Å². The van der Waals surface area contributed by atoms with Crippen LogP contribution in [-0.4, -0.2) is 54.0 Å². The first-order valence-corrected chi connectivity index (χ1v) is 12.0. The molecule has 0 spiro atoms. The number of amides is 3. The Morgan fingerprint density at radius 3 is 2.88 bits per heavy atom. The predicted molar refractivity (Wildman–Crippen MR) is 130 cm³/mol. The molecule has 1 N–H and O–H groups in total. The molecule has 2 aromatic rings. The van der Waals surface area contributed by atoms with Crippen LogP contribution in [-0.2, 0) is 11.2 Å². The van der Waals surface area contributed by atoms with Crippen molar-refractivity contribution in [1.29, 1.82) is 0 Å². The SMILES string of the molecule is C=CCN(CC(=O)N1CCc2sccc2C1COc1ccc(Cl)c(C)c1)C(=O)NC(C)C. The van der Waals surface area contributed by atoms with E-state index in [1.807, 2.05) is 43.9 Å². The number of benzene rings is 1. The lowest BCUT2D eigenvalue weighted by Crippen LogP contribution is -2.50. The van der Waals surface area contributed by atoms with Gasteiger partial charge >= 0.3 is 6.03 Å². The van der Waals surface area contributed by atoms with Crippen LogP contribution in [0.5, 0.6) is 5.75 Å². The van der Waals surface area contributed by atoms with Crippen molar-refractivity contribution in [3.8, 4) is 5.75 Å². The van der Waals surface area contributed by atoms with Crippen molar-refractivity contribution in [2.24, 2.45) is 0 Å². The quantitative estimate of drug-likeness (QED) is 0.557. The number of carbonyl (C=O) groups is 2. The van der Waals surface area contributed by atoms with E-state index in [0.717, 1.165) is 17.5 Å². The Kier molecular flexibility index (Phi) is 8.21. The largest absolute Gasteiger partial charge is 0.491 e. The number of nitrogens with zero attached hydrogens (tertiary/aromatic N) is 2. The molecule has 1 aromatic heterocycles. The summed E-state index contributed by atoms with van der Waals surface area (Å²) in [6.45, 7) is 10.6. The van der Waals surface area contributed by atoms with E-state index in [1.54, 1.807) is 17.4 Å². The zero-order valence-electron chi connectivity index (χ0n) is 18.8. The maximum Gasteiger partial charge on any atom is 0.318 e. The molecule has 6 nitrogen and oxygen atoms in total. The highest BCUT2D eigenvalue weighted by Crippen LogP contribution is 2.34. The fraction of sp³-hybridized carbons (Fsp3) is 0.417. The van der Waals surface area contributed by atoms with Crippen LogP contribution in [0.4, 0.5) is 4.79 Å². The third-order valence-electron chi connectivity index (χ3n) is 5.33. The van der Waals surface area contributed by atoms with Crippen molar-refractivity contribution >= 4 is 34.9 Å². The van der Waals surface area contributed by atoms with Gasteiger partial charge in [0.15, 0.2) is 0 Å². The Bertz CT molecular complexity index is 975. The fourth-order valence-electron chi connectivity index (χ4n) is 3.72. The predicted octanol–water partition coefficient (Wildman–Crippen LogP) is 4.82. The molecule has 32 heavy (non-hydrogen) atoms. The minimum Gasteiger partial charge on any atom is -0.491 e.